The smallest absolute Gasteiger partial charge is 0.0945 e. The molecule has 0 N–H and O–H groups in total. The van der Waals surface area contributed by atoms with E-state index in [1.165, 1.54) is 0 Å². The molecule has 2 heterocycles. The molecule has 1 aliphatic heterocycles. The Balaban J connectivity index is 1.74. The van der Waals surface area contributed by atoms with Crippen molar-refractivity contribution in [2.75, 3.05) is 26.2 Å². The number of hydrogen-bond donors (Lipinski definition) is 0. The van der Waals surface area contributed by atoms with Crippen LogP contribution in [0.1, 0.15) is 13.3 Å². The maximum atomic E-state index is 5.73. The number of aromatic nitrogens is 2. The van der Waals surface area contributed by atoms with E-state index in [2.05, 4.69) is 21.4 Å². The molecule has 4 nitrogen and oxygen atoms in total. The molecule has 0 unspecified atom stereocenters. The molecule has 0 amide bonds. The second-order valence-electron chi connectivity index (χ2n) is 3.98. The van der Waals surface area contributed by atoms with Crippen molar-refractivity contribution >= 4 is 0 Å². The van der Waals surface area contributed by atoms with Gasteiger partial charge in [0.2, 0.25) is 0 Å². The molecule has 4 heteroatoms. The van der Waals surface area contributed by atoms with Gasteiger partial charge < -0.3 is 9.30 Å². The van der Waals surface area contributed by atoms with E-state index in [1.54, 1.807) is 0 Å². The van der Waals surface area contributed by atoms with Gasteiger partial charge in [-0.3, -0.25) is 4.90 Å². The highest BCUT2D eigenvalue weighted by Crippen LogP contribution is 2.09. The molecule has 0 aromatic carbocycles. The van der Waals surface area contributed by atoms with Gasteiger partial charge in [-0.05, 0) is 13.0 Å². The van der Waals surface area contributed by atoms with Crippen LogP contribution in [0.5, 0.6) is 0 Å². The number of imidazole rings is 1. The maximum absolute atomic E-state index is 5.73. The molecular weight excluding hydrogens is 190 g/mol. The third-order valence-corrected chi connectivity index (χ3v) is 2.94. The second-order valence-corrected chi connectivity index (χ2v) is 3.98. The first kappa shape index (κ1) is 10.6. The number of nitrogens with zero attached hydrogens (tertiary/aromatic N) is 3. The predicted octanol–water partition coefficient (Wildman–Crippen LogP) is 0.994. The van der Waals surface area contributed by atoms with Gasteiger partial charge in [-0.25, -0.2) is 4.98 Å². The molecule has 0 spiro atoms. The summed E-state index contributed by atoms with van der Waals surface area (Å²) in [5.74, 6) is 0. The second kappa shape index (κ2) is 5.28. The van der Waals surface area contributed by atoms with Crippen LogP contribution in [0.4, 0.5) is 0 Å². The summed E-state index contributed by atoms with van der Waals surface area (Å²) in [6.45, 7) is 7.37. The highest BCUT2D eigenvalue weighted by atomic mass is 16.5. The van der Waals surface area contributed by atoms with Gasteiger partial charge in [-0.1, -0.05) is 6.92 Å². The summed E-state index contributed by atoms with van der Waals surface area (Å²) in [5.41, 5.74) is 0. The molecule has 0 saturated carbocycles. The first-order valence-electron chi connectivity index (χ1n) is 5.68. The normalized spacial score (nSPS) is 23.1. The van der Waals surface area contributed by atoms with Crippen LogP contribution in [0.25, 0.3) is 0 Å². The fourth-order valence-electron chi connectivity index (χ4n) is 1.95. The molecule has 1 atom stereocenters. The third kappa shape index (κ3) is 3.04. The molecule has 1 fully saturated rings. The average Bonchev–Trinajstić information content (AvgIpc) is 2.79. The summed E-state index contributed by atoms with van der Waals surface area (Å²) in [7, 11) is 0. The van der Waals surface area contributed by atoms with E-state index in [9.17, 15) is 0 Å². The summed E-state index contributed by atoms with van der Waals surface area (Å²) in [6.07, 6.45) is 7.15. The number of hydrogen-bond acceptors (Lipinski definition) is 3. The van der Waals surface area contributed by atoms with E-state index in [0.717, 1.165) is 39.2 Å². The summed E-state index contributed by atoms with van der Waals surface area (Å²) in [5, 5.41) is 0. The van der Waals surface area contributed by atoms with Crippen molar-refractivity contribution in [1.29, 1.82) is 0 Å². The number of likely N-dealkylation sites (N-methyl/N-ethyl adjacent to an activating group) is 1. The fourth-order valence-corrected chi connectivity index (χ4v) is 1.95. The van der Waals surface area contributed by atoms with Crippen LogP contribution in [0.2, 0.25) is 0 Å². The minimum Gasteiger partial charge on any atom is -0.375 e. The quantitative estimate of drug-likeness (QED) is 0.741. The topological polar surface area (TPSA) is 30.3 Å². The maximum Gasteiger partial charge on any atom is 0.0945 e. The highest BCUT2D eigenvalue weighted by Gasteiger charge is 2.18. The molecule has 0 aliphatic carbocycles. The zero-order chi connectivity index (χ0) is 10.5. The van der Waals surface area contributed by atoms with E-state index in [-0.39, 0.29) is 0 Å². The fraction of sp³-hybridized carbons (Fsp3) is 0.727. The minimum atomic E-state index is 0.390. The summed E-state index contributed by atoms with van der Waals surface area (Å²) >= 11 is 0. The van der Waals surface area contributed by atoms with Crippen molar-refractivity contribution in [2.45, 2.75) is 26.0 Å². The van der Waals surface area contributed by atoms with E-state index >= 15 is 0 Å². The number of ether oxygens (including phenoxy) is 1. The van der Waals surface area contributed by atoms with Crippen molar-refractivity contribution < 1.29 is 4.74 Å². The van der Waals surface area contributed by atoms with Crippen molar-refractivity contribution in [3.8, 4) is 0 Å². The summed E-state index contributed by atoms with van der Waals surface area (Å²) in [4.78, 5) is 6.48. The summed E-state index contributed by atoms with van der Waals surface area (Å²) < 4.78 is 7.84. The Labute approximate surface area is 90.9 Å². The molecule has 0 radical (unpaired) electrons. The molecular formula is C11H19N3O. The average molecular weight is 209 g/mol. The van der Waals surface area contributed by atoms with Gasteiger partial charge in [0, 0.05) is 32.0 Å². The molecule has 1 aromatic heterocycles. The largest absolute Gasteiger partial charge is 0.375 e. The van der Waals surface area contributed by atoms with Crippen molar-refractivity contribution in [2.24, 2.45) is 0 Å². The molecule has 1 aliphatic rings. The van der Waals surface area contributed by atoms with E-state index < -0.39 is 0 Å². The number of morpholine rings is 1. The van der Waals surface area contributed by atoms with Gasteiger partial charge in [0.15, 0.2) is 0 Å². The first-order chi connectivity index (χ1) is 7.38. The molecule has 2 rings (SSSR count). The predicted molar refractivity (Wildman–Crippen MR) is 58.7 cm³/mol. The van der Waals surface area contributed by atoms with Crippen LogP contribution in [-0.4, -0.2) is 46.8 Å². The molecule has 84 valence electrons. The lowest BCUT2D eigenvalue weighted by Crippen LogP contribution is -2.42. The van der Waals surface area contributed by atoms with Crippen LogP contribution >= 0.6 is 0 Å². The van der Waals surface area contributed by atoms with Crippen LogP contribution in [0.3, 0.4) is 0 Å². The van der Waals surface area contributed by atoms with Crippen molar-refractivity contribution in [1.82, 2.24) is 14.5 Å². The molecule has 15 heavy (non-hydrogen) atoms. The minimum absolute atomic E-state index is 0.390. The highest BCUT2D eigenvalue weighted by molar-refractivity contribution is 4.76. The van der Waals surface area contributed by atoms with Crippen molar-refractivity contribution in [3.63, 3.8) is 0 Å². The number of rotatable bonds is 4. The Morgan fingerprint density at radius 2 is 2.47 bits per heavy atom. The standard InChI is InChI=1S/C11H19N3O/c1-2-13-7-8-15-11(9-13)3-5-14-6-4-12-10-14/h4,6,10-11H,2-3,5,7-9H2,1H3/t11-/m0/s1. The van der Waals surface area contributed by atoms with Crippen molar-refractivity contribution in [3.05, 3.63) is 18.7 Å². The third-order valence-electron chi connectivity index (χ3n) is 2.94. The monoisotopic (exact) mass is 209 g/mol. The van der Waals surface area contributed by atoms with Crippen LogP contribution in [0, 0.1) is 0 Å². The van der Waals surface area contributed by atoms with E-state index in [4.69, 9.17) is 4.74 Å². The molecule has 1 saturated heterocycles. The Kier molecular flexibility index (Phi) is 3.75. The lowest BCUT2D eigenvalue weighted by molar-refractivity contribution is -0.0319. The zero-order valence-corrected chi connectivity index (χ0v) is 9.30. The first-order valence-corrected chi connectivity index (χ1v) is 5.68. The molecule has 0 bridgehead atoms. The van der Waals surface area contributed by atoms with Crippen LogP contribution < -0.4 is 0 Å². The Hall–Kier alpha value is -0.870. The Morgan fingerprint density at radius 3 is 3.20 bits per heavy atom. The zero-order valence-electron chi connectivity index (χ0n) is 9.30. The van der Waals surface area contributed by atoms with Gasteiger partial charge in [0.05, 0.1) is 19.0 Å². The van der Waals surface area contributed by atoms with Gasteiger partial charge in [-0.15, -0.1) is 0 Å². The lowest BCUT2D eigenvalue weighted by Gasteiger charge is -2.32. The van der Waals surface area contributed by atoms with Gasteiger partial charge in [-0.2, -0.15) is 0 Å². The number of aryl methyl sites for hydroxylation is 1. The Bertz CT molecular complexity index is 273. The van der Waals surface area contributed by atoms with Crippen LogP contribution in [-0.2, 0) is 11.3 Å². The van der Waals surface area contributed by atoms with E-state index in [0.29, 0.717) is 6.10 Å². The Morgan fingerprint density at radius 1 is 1.53 bits per heavy atom. The van der Waals surface area contributed by atoms with Crippen LogP contribution in [0.15, 0.2) is 18.7 Å². The molecule has 1 aromatic rings. The van der Waals surface area contributed by atoms with E-state index in [1.807, 2.05) is 18.7 Å². The van der Waals surface area contributed by atoms with Gasteiger partial charge >= 0.3 is 0 Å². The van der Waals surface area contributed by atoms with Gasteiger partial charge in [0.25, 0.3) is 0 Å². The SMILES string of the molecule is CCN1CCO[C@@H](CCn2ccnc2)C1. The van der Waals surface area contributed by atoms with Gasteiger partial charge in [0.1, 0.15) is 0 Å². The summed E-state index contributed by atoms with van der Waals surface area (Å²) in [6, 6.07) is 0. The lowest BCUT2D eigenvalue weighted by atomic mass is 10.2.